The van der Waals surface area contributed by atoms with Gasteiger partial charge in [0.1, 0.15) is 11.9 Å². The van der Waals surface area contributed by atoms with Crippen molar-refractivity contribution in [1.29, 1.82) is 0 Å². The van der Waals surface area contributed by atoms with Gasteiger partial charge in [-0.1, -0.05) is 20.8 Å². The Morgan fingerprint density at radius 2 is 2.04 bits per heavy atom. The van der Waals surface area contributed by atoms with Gasteiger partial charge in [-0.3, -0.25) is 9.59 Å². The molecule has 0 bridgehead atoms. The van der Waals surface area contributed by atoms with Gasteiger partial charge in [-0.25, -0.2) is 4.98 Å². The molecule has 2 unspecified atom stereocenters. The first-order chi connectivity index (χ1) is 12.3. The zero-order valence-corrected chi connectivity index (χ0v) is 16.4. The molecule has 2 amide bonds. The molecule has 0 saturated carbocycles. The van der Waals surface area contributed by atoms with Crippen LogP contribution in [0.4, 0.5) is 0 Å². The van der Waals surface area contributed by atoms with Gasteiger partial charge in [0.2, 0.25) is 11.8 Å². The van der Waals surface area contributed by atoms with Crippen molar-refractivity contribution in [3.8, 4) is 0 Å². The smallest absolute Gasteiger partial charge is 0.228 e. The summed E-state index contributed by atoms with van der Waals surface area (Å²) in [6.45, 7) is 9.30. The van der Waals surface area contributed by atoms with Crippen molar-refractivity contribution in [3.63, 3.8) is 0 Å². The van der Waals surface area contributed by atoms with Gasteiger partial charge >= 0.3 is 0 Å². The highest BCUT2D eigenvalue weighted by Crippen LogP contribution is 2.28. The highest BCUT2D eigenvalue weighted by molar-refractivity contribution is 5.84. The molecule has 0 aromatic carbocycles. The lowest BCUT2D eigenvalue weighted by Gasteiger charge is -2.41. The van der Waals surface area contributed by atoms with Crippen LogP contribution in [0.15, 0.2) is 12.4 Å². The summed E-state index contributed by atoms with van der Waals surface area (Å²) in [7, 11) is 1.96. The van der Waals surface area contributed by atoms with Crippen LogP contribution in [-0.2, 0) is 16.6 Å². The highest BCUT2D eigenvalue weighted by Gasteiger charge is 2.38. The van der Waals surface area contributed by atoms with Gasteiger partial charge in [0.05, 0.1) is 5.92 Å². The van der Waals surface area contributed by atoms with Crippen LogP contribution in [0, 0.1) is 11.3 Å². The van der Waals surface area contributed by atoms with Gasteiger partial charge in [-0.2, -0.15) is 0 Å². The maximum atomic E-state index is 13.3. The number of rotatable bonds is 2. The number of aromatic nitrogens is 2. The molecule has 0 spiro atoms. The number of nitrogens with zero attached hydrogens (tertiary/aromatic N) is 4. The Morgan fingerprint density at radius 3 is 2.69 bits per heavy atom. The molecule has 7 heteroatoms. The number of nitrogens with one attached hydrogen (secondary N) is 1. The van der Waals surface area contributed by atoms with Crippen LogP contribution in [0.5, 0.6) is 0 Å². The lowest BCUT2D eigenvalue weighted by Crippen LogP contribution is -2.54. The fraction of sp³-hybridized carbons (Fsp3) is 0.737. The van der Waals surface area contributed by atoms with Crippen LogP contribution < -0.4 is 5.32 Å². The zero-order valence-electron chi connectivity index (χ0n) is 16.4. The van der Waals surface area contributed by atoms with Gasteiger partial charge in [0.15, 0.2) is 0 Å². The maximum Gasteiger partial charge on any atom is 0.228 e. The first kappa shape index (κ1) is 18.9. The van der Waals surface area contributed by atoms with E-state index in [1.54, 1.807) is 6.20 Å². The Bertz CT molecular complexity index is 663. The lowest BCUT2D eigenvalue weighted by atomic mass is 9.90. The predicted molar refractivity (Wildman–Crippen MR) is 99.3 cm³/mol. The minimum atomic E-state index is -0.407. The van der Waals surface area contributed by atoms with Crippen LogP contribution >= 0.6 is 0 Å². The average Bonchev–Trinajstić information content (AvgIpc) is 3.05. The number of likely N-dealkylation sites (tertiary alicyclic amines) is 1. The third kappa shape index (κ3) is 3.77. The number of aryl methyl sites for hydroxylation is 1. The Kier molecular flexibility index (Phi) is 5.37. The molecule has 0 aliphatic carbocycles. The van der Waals surface area contributed by atoms with Crippen molar-refractivity contribution in [1.82, 2.24) is 24.7 Å². The number of amides is 2. The molecule has 3 rings (SSSR count). The molecule has 1 aromatic heterocycles. The fourth-order valence-electron chi connectivity index (χ4n) is 3.97. The lowest BCUT2D eigenvalue weighted by molar-refractivity contribution is -0.147. The molecule has 2 aliphatic heterocycles. The van der Waals surface area contributed by atoms with Crippen LogP contribution in [0.2, 0.25) is 0 Å². The molecule has 3 heterocycles. The summed E-state index contributed by atoms with van der Waals surface area (Å²) in [6, 6.07) is -0.0510. The van der Waals surface area contributed by atoms with Crippen LogP contribution in [0.1, 0.15) is 45.5 Å². The number of piperazine rings is 1. The standard InChI is InChI=1S/C19H31N5O2/c1-19(2,3)18(26)23-9-5-6-14(13-23)17(25)24-11-7-20-12-15(24)16-21-8-10-22(16)4/h8,10,14-15,20H,5-7,9,11-13H2,1-4H3. The molecule has 26 heavy (non-hydrogen) atoms. The maximum absolute atomic E-state index is 13.3. The summed E-state index contributed by atoms with van der Waals surface area (Å²) >= 11 is 0. The Balaban J connectivity index is 1.74. The van der Waals surface area contributed by atoms with E-state index in [0.29, 0.717) is 19.6 Å². The van der Waals surface area contributed by atoms with Crippen LogP contribution in [0.25, 0.3) is 0 Å². The summed E-state index contributed by atoms with van der Waals surface area (Å²) in [5, 5.41) is 3.37. The van der Waals surface area contributed by atoms with Gasteiger partial charge in [0, 0.05) is 57.6 Å². The Labute approximate surface area is 155 Å². The van der Waals surface area contributed by atoms with Crippen molar-refractivity contribution in [2.24, 2.45) is 18.4 Å². The Hall–Kier alpha value is -1.89. The third-order valence-corrected chi connectivity index (χ3v) is 5.38. The minimum absolute atomic E-state index is 0.0510. The van der Waals surface area contributed by atoms with Crippen molar-refractivity contribution in [3.05, 3.63) is 18.2 Å². The average molecular weight is 361 g/mol. The highest BCUT2D eigenvalue weighted by atomic mass is 16.2. The second-order valence-corrected chi connectivity index (χ2v) is 8.49. The minimum Gasteiger partial charge on any atom is -0.341 e. The molecule has 1 N–H and O–H groups in total. The van der Waals surface area contributed by atoms with E-state index in [-0.39, 0.29) is 23.8 Å². The van der Waals surface area contributed by atoms with E-state index in [1.807, 2.05) is 48.4 Å². The molecular formula is C19H31N5O2. The molecule has 2 aliphatic rings. The third-order valence-electron chi connectivity index (χ3n) is 5.38. The molecular weight excluding hydrogens is 330 g/mol. The molecule has 2 saturated heterocycles. The van der Waals surface area contributed by atoms with E-state index in [9.17, 15) is 9.59 Å². The van der Waals surface area contributed by atoms with Gasteiger partial charge < -0.3 is 19.7 Å². The summed E-state index contributed by atoms with van der Waals surface area (Å²) in [5.41, 5.74) is -0.407. The number of hydrogen-bond acceptors (Lipinski definition) is 4. The second kappa shape index (κ2) is 7.39. The summed E-state index contributed by atoms with van der Waals surface area (Å²) in [5.74, 6) is 1.08. The number of carbonyl (C=O) groups is 2. The molecule has 144 valence electrons. The predicted octanol–water partition coefficient (Wildman–Crippen LogP) is 1.18. The largest absolute Gasteiger partial charge is 0.341 e. The van der Waals surface area contributed by atoms with Crippen molar-refractivity contribution >= 4 is 11.8 Å². The van der Waals surface area contributed by atoms with Crippen LogP contribution in [0.3, 0.4) is 0 Å². The van der Waals surface area contributed by atoms with Gasteiger partial charge in [0.25, 0.3) is 0 Å². The van der Waals surface area contributed by atoms with E-state index in [0.717, 1.165) is 31.8 Å². The molecule has 7 nitrogen and oxygen atoms in total. The number of carbonyl (C=O) groups excluding carboxylic acids is 2. The molecule has 2 fully saturated rings. The van der Waals surface area contributed by atoms with E-state index in [4.69, 9.17) is 0 Å². The van der Waals surface area contributed by atoms with Crippen LogP contribution in [-0.4, -0.2) is 63.9 Å². The fourth-order valence-corrected chi connectivity index (χ4v) is 3.97. The molecule has 1 aromatic rings. The quantitative estimate of drug-likeness (QED) is 0.859. The van der Waals surface area contributed by atoms with Crippen molar-refractivity contribution in [2.75, 3.05) is 32.7 Å². The van der Waals surface area contributed by atoms with Gasteiger partial charge in [-0.05, 0) is 12.8 Å². The topological polar surface area (TPSA) is 70.5 Å². The zero-order chi connectivity index (χ0) is 18.9. The molecule has 2 atom stereocenters. The van der Waals surface area contributed by atoms with E-state index in [2.05, 4.69) is 10.3 Å². The number of imidazole rings is 1. The van der Waals surface area contributed by atoms with Gasteiger partial charge in [-0.15, -0.1) is 0 Å². The van der Waals surface area contributed by atoms with E-state index in [1.165, 1.54) is 0 Å². The second-order valence-electron chi connectivity index (χ2n) is 8.49. The monoisotopic (exact) mass is 361 g/mol. The first-order valence-corrected chi connectivity index (χ1v) is 9.57. The van der Waals surface area contributed by atoms with Crippen molar-refractivity contribution in [2.45, 2.75) is 39.7 Å². The van der Waals surface area contributed by atoms with Crippen molar-refractivity contribution < 1.29 is 9.59 Å². The normalized spacial score (nSPS) is 24.6. The Morgan fingerprint density at radius 1 is 1.27 bits per heavy atom. The SMILES string of the molecule is Cn1ccnc1C1CNCCN1C(=O)C1CCCN(C(=O)C(C)(C)C)C1. The summed E-state index contributed by atoms with van der Waals surface area (Å²) < 4.78 is 1.98. The summed E-state index contributed by atoms with van der Waals surface area (Å²) in [4.78, 5) is 34.3. The first-order valence-electron chi connectivity index (χ1n) is 9.57. The van der Waals surface area contributed by atoms with E-state index < -0.39 is 5.41 Å². The number of piperidine rings is 1. The van der Waals surface area contributed by atoms with E-state index >= 15 is 0 Å². The number of hydrogen-bond donors (Lipinski definition) is 1. The summed E-state index contributed by atoms with van der Waals surface area (Å²) in [6.07, 6.45) is 5.43. The molecule has 0 radical (unpaired) electrons.